The van der Waals surface area contributed by atoms with Gasteiger partial charge in [0, 0.05) is 80.5 Å². The molecule has 1 aromatic heterocycles. The Morgan fingerprint density at radius 1 is 0.873 bits per heavy atom. The number of aromatic hydroxyl groups is 1. The summed E-state index contributed by atoms with van der Waals surface area (Å²) in [6, 6.07) is 38.6. The number of aliphatic hydroxyl groups is 1. The SMILES string of the molecule is C[C@H](Cc1cccc(C(=O)NCc2ccc(N(C)C(=O)CCN3CCC(OC(=O)Nc4ccccc4-c4ccccc4)CC3)cc2)c1)NC[C@H](O)c1ccc(O)c2[nH]c(=O)ccc12. The maximum Gasteiger partial charge on any atom is 0.411 e. The molecule has 0 saturated carbocycles. The van der Waals surface area contributed by atoms with Crippen molar-refractivity contribution in [2.45, 2.75) is 57.4 Å². The second kappa shape index (κ2) is 20.8. The summed E-state index contributed by atoms with van der Waals surface area (Å²) in [5.74, 6) is -0.268. The van der Waals surface area contributed by atoms with Crippen molar-refractivity contribution >= 4 is 40.2 Å². The third-order valence-corrected chi connectivity index (χ3v) is 11.5. The summed E-state index contributed by atoms with van der Waals surface area (Å²) in [5.41, 5.74) is 6.33. The summed E-state index contributed by atoms with van der Waals surface area (Å²) in [5, 5.41) is 31.0. The number of piperidine rings is 1. The Labute approximate surface area is 366 Å². The van der Waals surface area contributed by atoms with Crippen molar-refractivity contribution in [3.8, 4) is 16.9 Å². The van der Waals surface area contributed by atoms with Gasteiger partial charge >= 0.3 is 6.09 Å². The number of rotatable bonds is 16. The van der Waals surface area contributed by atoms with Crippen LogP contribution in [0.15, 0.2) is 132 Å². The molecule has 63 heavy (non-hydrogen) atoms. The first-order chi connectivity index (χ1) is 30.5. The van der Waals surface area contributed by atoms with Crippen molar-refractivity contribution in [2.24, 2.45) is 0 Å². The van der Waals surface area contributed by atoms with Crippen molar-refractivity contribution in [3.05, 3.63) is 160 Å². The highest BCUT2D eigenvalue weighted by Crippen LogP contribution is 2.30. The number of carbonyl (C=O) groups is 3. The van der Waals surface area contributed by atoms with E-state index in [-0.39, 0.29) is 47.3 Å². The molecule has 6 N–H and O–H groups in total. The Hall–Kier alpha value is -6.80. The Balaban J connectivity index is 0.806. The van der Waals surface area contributed by atoms with Gasteiger partial charge < -0.3 is 40.4 Å². The molecule has 1 aliphatic heterocycles. The zero-order valence-electron chi connectivity index (χ0n) is 35.6. The minimum atomic E-state index is -0.880. The summed E-state index contributed by atoms with van der Waals surface area (Å²) in [6.45, 7) is 4.64. The van der Waals surface area contributed by atoms with E-state index in [2.05, 4.69) is 25.8 Å². The van der Waals surface area contributed by atoms with Crippen LogP contribution in [0.2, 0.25) is 0 Å². The van der Waals surface area contributed by atoms with Crippen LogP contribution in [0.5, 0.6) is 5.75 Å². The van der Waals surface area contributed by atoms with Crippen molar-refractivity contribution in [2.75, 3.05) is 43.4 Å². The zero-order valence-corrected chi connectivity index (χ0v) is 35.6. The van der Waals surface area contributed by atoms with Crippen LogP contribution in [0.25, 0.3) is 22.0 Å². The second-order valence-electron chi connectivity index (χ2n) is 16.0. The molecular weight excluding hydrogens is 797 g/mol. The third kappa shape index (κ3) is 11.8. The van der Waals surface area contributed by atoms with Crippen molar-refractivity contribution < 1.29 is 29.3 Å². The molecule has 7 rings (SSSR count). The van der Waals surface area contributed by atoms with Gasteiger partial charge in [-0.3, -0.25) is 19.7 Å². The first-order valence-corrected chi connectivity index (χ1v) is 21.3. The normalized spacial score (nSPS) is 14.1. The zero-order chi connectivity index (χ0) is 44.3. The van der Waals surface area contributed by atoms with Gasteiger partial charge in [-0.25, -0.2) is 4.79 Å². The molecule has 0 spiro atoms. The Morgan fingerprint density at radius 2 is 1.62 bits per heavy atom. The average molecular weight is 851 g/mol. The summed E-state index contributed by atoms with van der Waals surface area (Å²) in [4.78, 5) is 57.4. The fourth-order valence-electron chi connectivity index (χ4n) is 7.93. The van der Waals surface area contributed by atoms with E-state index in [1.54, 1.807) is 30.1 Å². The van der Waals surface area contributed by atoms with Gasteiger partial charge in [0.2, 0.25) is 11.5 Å². The number of nitrogens with one attached hydrogen (secondary N) is 4. The lowest BCUT2D eigenvalue weighted by atomic mass is 10.0. The predicted octanol–water partition coefficient (Wildman–Crippen LogP) is 7.15. The number of carbonyl (C=O) groups excluding carboxylic acids is 3. The van der Waals surface area contributed by atoms with E-state index in [1.807, 2.05) is 104 Å². The molecule has 2 atom stereocenters. The number of aliphatic hydroxyl groups excluding tert-OH is 1. The van der Waals surface area contributed by atoms with Gasteiger partial charge in [-0.2, -0.15) is 0 Å². The number of aromatic nitrogens is 1. The highest BCUT2D eigenvalue weighted by molar-refractivity contribution is 5.95. The molecule has 5 aromatic carbocycles. The van der Waals surface area contributed by atoms with Gasteiger partial charge in [-0.05, 0) is 90.9 Å². The van der Waals surface area contributed by atoms with E-state index >= 15 is 0 Å². The van der Waals surface area contributed by atoms with Gasteiger partial charge in [0.25, 0.3) is 5.91 Å². The largest absolute Gasteiger partial charge is 0.506 e. The highest BCUT2D eigenvalue weighted by Gasteiger charge is 2.24. The van der Waals surface area contributed by atoms with Crippen molar-refractivity contribution in [1.29, 1.82) is 0 Å². The van der Waals surface area contributed by atoms with Crippen LogP contribution in [0.1, 0.15) is 59.3 Å². The Morgan fingerprint density at radius 3 is 2.40 bits per heavy atom. The van der Waals surface area contributed by atoms with E-state index in [9.17, 15) is 29.4 Å². The molecule has 1 fully saturated rings. The highest BCUT2D eigenvalue weighted by atomic mass is 16.6. The lowest BCUT2D eigenvalue weighted by Gasteiger charge is -2.31. The number of nitrogens with zero attached hydrogens (tertiary/aromatic N) is 2. The number of phenolic OH excluding ortho intramolecular Hbond substituents is 1. The van der Waals surface area contributed by atoms with Crippen LogP contribution in [0.4, 0.5) is 16.2 Å². The average Bonchev–Trinajstić information content (AvgIpc) is 3.30. The molecule has 3 amide bonds. The molecule has 1 saturated heterocycles. The lowest BCUT2D eigenvalue weighted by molar-refractivity contribution is -0.118. The van der Waals surface area contributed by atoms with Gasteiger partial charge in [0.1, 0.15) is 11.9 Å². The number of amides is 3. The summed E-state index contributed by atoms with van der Waals surface area (Å²) >= 11 is 0. The fourth-order valence-corrected chi connectivity index (χ4v) is 7.93. The molecule has 0 unspecified atom stereocenters. The van der Waals surface area contributed by atoms with E-state index in [1.165, 1.54) is 12.1 Å². The summed E-state index contributed by atoms with van der Waals surface area (Å²) in [6.07, 6.45) is 0.811. The minimum absolute atomic E-state index is 0.00365. The summed E-state index contributed by atoms with van der Waals surface area (Å²) in [7, 11) is 1.76. The van der Waals surface area contributed by atoms with Crippen LogP contribution in [-0.2, 0) is 22.5 Å². The molecule has 13 heteroatoms. The van der Waals surface area contributed by atoms with Crippen LogP contribution in [-0.4, -0.2) is 83.4 Å². The van der Waals surface area contributed by atoms with E-state index in [0.717, 1.165) is 41.0 Å². The second-order valence-corrected chi connectivity index (χ2v) is 16.0. The monoisotopic (exact) mass is 850 g/mol. The Kier molecular flexibility index (Phi) is 14.6. The number of aromatic amines is 1. The van der Waals surface area contributed by atoms with Crippen LogP contribution in [0, 0.1) is 0 Å². The van der Waals surface area contributed by atoms with Crippen LogP contribution >= 0.6 is 0 Å². The number of ether oxygens (including phenoxy) is 1. The van der Waals surface area contributed by atoms with E-state index in [0.29, 0.717) is 61.0 Å². The number of hydrogen-bond acceptors (Lipinski definition) is 9. The molecule has 0 aliphatic carbocycles. The maximum absolute atomic E-state index is 13.2. The topological polar surface area (TPSA) is 176 Å². The first-order valence-electron chi connectivity index (χ1n) is 21.3. The van der Waals surface area contributed by atoms with Gasteiger partial charge in [0.15, 0.2) is 0 Å². The molecule has 0 bridgehead atoms. The van der Waals surface area contributed by atoms with Crippen molar-refractivity contribution in [3.63, 3.8) is 0 Å². The number of anilines is 2. The number of hydrogen-bond donors (Lipinski definition) is 6. The quantitative estimate of drug-likeness (QED) is 0.0591. The van der Waals surface area contributed by atoms with Gasteiger partial charge in [-0.1, -0.05) is 78.9 Å². The molecule has 326 valence electrons. The van der Waals surface area contributed by atoms with E-state index < -0.39 is 12.2 Å². The van der Waals surface area contributed by atoms with Crippen LogP contribution < -0.4 is 26.4 Å². The summed E-state index contributed by atoms with van der Waals surface area (Å²) < 4.78 is 5.78. The lowest BCUT2D eigenvalue weighted by Crippen LogP contribution is -2.40. The van der Waals surface area contributed by atoms with Gasteiger partial charge in [0.05, 0.1) is 17.3 Å². The molecule has 6 aromatic rings. The molecule has 13 nitrogen and oxygen atoms in total. The number of fused-ring (bicyclic) bond motifs is 1. The molecule has 0 radical (unpaired) electrons. The molecule has 1 aliphatic rings. The number of benzene rings is 5. The van der Waals surface area contributed by atoms with E-state index in [4.69, 9.17) is 4.74 Å². The molecular formula is C50H54N6O7. The minimum Gasteiger partial charge on any atom is -0.506 e. The number of para-hydroxylation sites is 1. The van der Waals surface area contributed by atoms with Gasteiger partial charge in [-0.15, -0.1) is 0 Å². The molecule has 2 heterocycles. The standard InChI is InChI=1S/C50H54N6O7/c1-33(51-32-45(58)41-19-21-44(57)48-42(41)20-22-46(59)54-48)29-35-9-8-12-37(30-35)49(61)52-31-34-15-17-38(18-16-34)55(2)47(60)25-28-56-26-23-39(24-27-56)63-50(62)53-43-14-7-6-13-40(43)36-10-4-3-5-11-36/h3-22,30,33,39,45,51,57-58H,23-29,31-32H2,1-2H3,(H,52,61)(H,53,62)(H,54,59)/t33-,45+/m1/s1. The fraction of sp³-hybridized carbons (Fsp3) is 0.280. The maximum atomic E-state index is 13.2. The number of H-pyrrole nitrogens is 1. The Bertz CT molecular complexity index is 2570. The number of pyridine rings is 1. The number of likely N-dealkylation sites (tertiary alicyclic amines) is 1. The van der Waals surface area contributed by atoms with Crippen molar-refractivity contribution in [1.82, 2.24) is 20.5 Å². The smallest absolute Gasteiger partial charge is 0.411 e. The number of phenols is 1. The third-order valence-electron chi connectivity index (χ3n) is 11.5. The predicted molar refractivity (Wildman–Crippen MR) is 246 cm³/mol. The van der Waals surface area contributed by atoms with Crippen LogP contribution in [0.3, 0.4) is 0 Å². The first kappa shape index (κ1) is 44.3.